The van der Waals surface area contributed by atoms with Crippen molar-refractivity contribution in [1.82, 2.24) is 15.3 Å². The third kappa shape index (κ3) is 8.29. The van der Waals surface area contributed by atoms with Crippen molar-refractivity contribution in [1.29, 1.82) is 0 Å². The van der Waals surface area contributed by atoms with E-state index in [9.17, 15) is 4.39 Å². The molecule has 2 aromatic rings. The van der Waals surface area contributed by atoms with E-state index in [0.29, 0.717) is 6.61 Å². The maximum Gasteiger partial charge on any atom is 0.123 e. The van der Waals surface area contributed by atoms with Crippen molar-refractivity contribution in [3.8, 4) is 0 Å². The molecular weight excluding hydrogens is 449 g/mol. The highest BCUT2D eigenvalue weighted by molar-refractivity contribution is 5.59. The normalized spacial score (nSPS) is 18.7. The van der Waals surface area contributed by atoms with Crippen molar-refractivity contribution in [2.75, 3.05) is 39.3 Å². The number of piperazine rings is 1. The highest BCUT2D eigenvalue weighted by atomic mass is 19.1. The van der Waals surface area contributed by atoms with Gasteiger partial charge in [0.25, 0.3) is 0 Å². The van der Waals surface area contributed by atoms with Gasteiger partial charge in [-0.05, 0) is 72.6 Å². The molecule has 36 heavy (non-hydrogen) atoms. The minimum atomic E-state index is -0.195. The summed E-state index contributed by atoms with van der Waals surface area (Å²) in [6, 6.07) is 17.5. The zero-order chi connectivity index (χ0) is 25.0. The lowest BCUT2D eigenvalue weighted by atomic mass is 9.88. The molecule has 0 amide bonds. The molecule has 194 valence electrons. The number of nitrogens with one attached hydrogen (secondary N) is 1. The van der Waals surface area contributed by atoms with Gasteiger partial charge in [0.1, 0.15) is 5.82 Å². The van der Waals surface area contributed by atoms with E-state index in [4.69, 9.17) is 4.84 Å². The van der Waals surface area contributed by atoms with Crippen LogP contribution in [0.3, 0.4) is 0 Å². The van der Waals surface area contributed by atoms with Crippen LogP contribution in [0.5, 0.6) is 0 Å². The first-order valence-electron chi connectivity index (χ1n) is 13.8. The SMILES string of the molecule is CCCCCC1=C(NOCCN2CCN(Cc3ccccc3)CC2)C(=Cc2ccc(F)cc2)CCC1. The van der Waals surface area contributed by atoms with Gasteiger partial charge < -0.3 is 0 Å². The fraction of sp³-hybridized carbons (Fsp3) is 0.484. The molecule has 2 aliphatic rings. The predicted molar refractivity (Wildman–Crippen MR) is 147 cm³/mol. The summed E-state index contributed by atoms with van der Waals surface area (Å²) in [6.45, 7) is 9.23. The first-order chi connectivity index (χ1) is 17.7. The molecule has 2 aromatic carbocycles. The van der Waals surface area contributed by atoms with Crippen molar-refractivity contribution < 1.29 is 9.23 Å². The van der Waals surface area contributed by atoms with Gasteiger partial charge in [0.05, 0.1) is 12.3 Å². The highest BCUT2D eigenvalue weighted by Crippen LogP contribution is 2.32. The van der Waals surface area contributed by atoms with Crippen LogP contribution in [0.15, 0.2) is 71.4 Å². The molecule has 0 aromatic heterocycles. The average molecular weight is 492 g/mol. The summed E-state index contributed by atoms with van der Waals surface area (Å²) in [5.74, 6) is -0.195. The molecule has 1 fully saturated rings. The second-order valence-electron chi connectivity index (χ2n) is 10.1. The van der Waals surface area contributed by atoms with Gasteiger partial charge in [0.2, 0.25) is 0 Å². The number of hydroxylamine groups is 1. The molecule has 1 N–H and O–H groups in total. The van der Waals surface area contributed by atoms with Crippen LogP contribution in [0.1, 0.15) is 63.0 Å². The smallest absolute Gasteiger partial charge is 0.123 e. The summed E-state index contributed by atoms with van der Waals surface area (Å²) in [6.07, 6.45) is 10.3. The summed E-state index contributed by atoms with van der Waals surface area (Å²) in [5, 5.41) is 0. The maximum atomic E-state index is 13.4. The van der Waals surface area contributed by atoms with Crippen molar-refractivity contribution in [2.45, 2.75) is 58.4 Å². The minimum absolute atomic E-state index is 0.195. The molecule has 0 saturated carbocycles. The van der Waals surface area contributed by atoms with E-state index in [-0.39, 0.29) is 5.82 Å². The second-order valence-corrected chi connectivity index (χ2v) is 10.1. The minimum Gasteiger partial charge on any atom is -0.298 e. The van der Waals surface area contributed by atoms with Gasteiger partial charge >= 0.3 is 0 Å². The van der Waals surface area contributed by atoms with Crippen LogP contribution >= 0.6 is 0 Å². The zero-order valence-corrected chi connectivity index (χ0v) is 21.9. The van der Waals surface area contributed by atoms with Crippen LogP contribution in [0.4, 0.5) is 4.39 Å². The Balaban J connectivity index is 1.29. The maximum absolute atomic E-state index is 13.4. The topological polar surface area (TPSA) is 27.7 Å². The Kier molecular flexibility index (Phi) is 10.6. The molecule has 1 heterocycles. The lowest BCUT2D eigenvalue weighted by Gasteiger charge is -2.34. The molecule has 0 bridgehead atoms. The fourth-order valence-electron chi connectivity index (χ4n) is 5.16. The number of hydrogen-bond acceptors (Lipinski definition) is 4. The summed E-state index contributed by atoms with van der Waals surface area (Å²) >= 11 is 0. The molecular formula is C31H42FN3O. The van der Waals surface area contributed by atoms with E-state index >= 15 is 0 Å². The molecule has 4 nitrogen and oxygen atoms in total. The standard InChI is InChI=1S/C31H42FN3O/c1-2-3-5-11-28-12-8-13-29(24-26-14-16-30(32)17-15-26)31(28)33-36-23-22-34-18-20-35(21-19-34)25-27-9-6-4-7-10-27/h4,6-7,9-10,14-17,24,33H,2-3,5,8,11-13,18-23,25H2,1H3. The largest absolute Gasteiger partial charge is 0.298 e. The summed E-state index contributed by atoms with van der Waals surface area (Å²) in [4.78, 5) is 11.1. The first kappa shape index (κ1) is 26.6. The Morgan fingerprint density at radius 1 is 0.917 bits per heavy atom. The second kappa shape index (κ2) is 14.3. The van der Waals surface area contributed by atoms with Crippen LogP contribution in [-0.2, 0) is 11.4 Å². The van der Waals surface area contributed by atoms with E-state index in [1.165, 1.54) is 48.1 Å². The Labute approximate surface area is 216 Å². The van der Waals surface area contributed by atoms with Crippen molar-refractivity contribution >= 4 is 6.08 Å². The van der Waals surface area contributed by atoms with Gasteiger partial charge in [0, 0.05) is 39.3 Å². The molecule has 1 saturated heterocycles. The van der Waals surface area contributed by atoms with Crippen LogP contribution in [-0.4, -0.2) is 49.1 Å². The molecule has 0 spiro atoms. The lowest BCUT2D eigenvalue weighted by Crippen LogP contribution is -2.47. The van der Waals surface area contributed by atoms with E-state index in [1.807, 2.05) is 12.1 Å². The number of allylic oxidation sites excluding steroid dienone is 2. The Bertz CT molecular complexity index is 979. The molecule has 5 heteroatoms. The lowest BCUT2D eigenvalue weighted by molar-refractivity contribution is 0.0320. The van der Waals surface area contributed by atoms with Gasteiger partial charge in [-0.15, -0.1) is 0 Å². The quantitative estimate of drug-likeness (QED) is 0.269. The summed E-state index contributed by atoms with van der Waals surface area (Å²) in [5.41, 5.74) is 9.69. The molecule has 4 rings (SSSR count). The monoisotopic (exact) mass is 491 g/mol. The Morgan fingerprint density at radius 2 is 1.67 bits per heavy atom. The van der Waals surface area contributed by atoms with Gasteiger partial charge in [-0.1, -0.05) is 62.2 Å². The highest BCUT2D eigenvalue weighted by Gasteiger charge is 2.19. The number of nitrogens with zero attached hydrogens (tertiary/aromatic N) is 2. The number of rotatable bonds is 12. The van der Waals surface area contributed by atoms with Crippen LogP contribution in [0.25, 0.3) is 6.08 Å². The third-order valence-corrected chi connectivity index (χ3v) is 7.29. The summed E-state index contributed by atoms with van der Waals surface area (Å²) in [7, 11) is 0. The first-order valence-corrected chi connectivity index (χ1v) is 13.8. The van der Waals surface area contributed by atoms with Crippen LogP contribution in [0, 0.1) is 5.82 Å². The van der Waals surface area contributed by atoms with Crippen LogP contribution < -0.4 is 5.48 Å². The zero-order valence-electron chi connectivity index (χ0n) is 21.9. The molecule has 0 radical (unpaired) electrons. The van der Waals surface area contributed by atoms with E-state index in [1.54, 1.807) is 0 Å². The Morgan fingerprint density at radius 3 is 2.42 bits per heavy atom. The number of halogens is 1. The van der Waals surface area contributed by atoms with Crippen molar-refractivity contribution in [3.05, 3.63) is 88.4 Å². The molecule has 0 unspecified atom stereocenters. The summed E-state index contributed by atoms with van der Waals surface area (Å²) < 4.78 is 13.4. The predicted octanol–water partition coefficient (Wildman–Crippen LogP) is 6.57. The van der Waals surface area contributed by atoms with E-state index in [2.05, 4.69) is 58.6 Å². The number of unbranched alkanes of at least 4 members (excludes halogenated alkanes) is 2. The van der Waals surface area contributed by atoms with Gasteiger partial charge in [-0.3, -0.25) is 20.1 Å². The molecule has 1 aliphatic heterocycles. The van der Waals surface area contributed by atoms with E-state index < -0.39 is 0 Å². The van der Waals surface area contributed by atoms with Gasteiger partial charge in [0.15, 0.2) is 0 Å². The average Bonchev–Trinajstić information content (AvgIpc) is 2.91. The van der Waals surface area contributed by atoms with Crippen molar-refractivity contribution in [2.24, 2.45) is 0 Å². The van der Waals surface area contributed by atoms with Crippen LogP contribution in [0.2, 0.25) is 0 Å². The molecule has 1 aliphatic carbocycles. The molecule has 0 atom stereocenters. The Hall–Kier alpha value is -2.47. The van der Waals surface area contributed by atoms with Crippen molar-refractivity contribution in [3.63, 3.8) is 0 Å². The third-order valence-electron chi connectivity index (χ3n) is 7.29. The van der Waals surface area contributed by atoms with Gasteiger partial charge in [-0.2, -0.15) is 0 Å². The number of hydrogen-bond donors (Lipinski definition) is 1. The number of benzene rings is 2. The fourth-order valence-corrected chi connectivity index (χ4v) is 5.16. The van der Waals surface area contributed by atoms with Gasteiger partial charge in [-0.25, -0.2) is 4.39 Å². The van der Waals surface area contributed by atoms with E-state index in [0.717, 1.165) is 76.2 Å².